The van der Waals surface area contributed by atoms with Gasteiger partial charge in [-0.15, -0.1) is 0 Å². The van der Waals surface area contributed by atoms with Crippen LogP contribution in [0.4, 0.5) is 0 Å². The number of nitrogens with zero attached hydrogens (tertiary/aromatic N) is 3. The predicted molar refractivity (Wildman–Crippen MR) is 398 cm³/mol. The van der Waals surface area contributed by atoms with Gasteiger partial charge in [0.2, 0.25) is 0 Å². The summed E-state index contributed by atoms with van der Waals surface area (Å²) < 4.78 is 29.1. The molecule has 0 saturated heterocycles. The number of nitrogen functional groups attached to an aromatic ring is 6. The number of aromatic amines is 1. The molecule has 25 heteroatoms. The van der Waals surface area contributed by atoms with Crippen molar-refractivity contribution in [2.45, 2.75) is 19.3 Å². The van der Waals surface area contributed by atoms with Gasteiger partial charge in [0.05, 0.1) is 24.2 Å². The van der Waals surface area contributed by atoms with Crippen molar-refractivity contribution in [3.63, 3.8) is 0 Å². The molecule has 25 nitrogen and oxygen atoms in total. The molecule has 8 aromatic carbocycles. The van der Waals surface area contributed by atoms with Gasteiger partial charge in [-0.2, -0.15) is 0 Å². The number of amidine groups is 8. The number of unbranched alkanes of at least 4 members (excludes halogenated alkanes) is 2. The SMILES string of the molecule is CO/N=C(\N)c1ccc(-c2ccc(-c3ccc(/C(N)=N/OC)cc3)o2)cc1.N=C(N)c1ccc(-c2ccc(-c3ccc(C(=N)N)cc3)o2)cc1.N=C(N)c1ccc(-c2ccc(-c3nc4ccc(C(=N)N)cc4[nH]3)o2)cc1.N=C(N)c1ccc(OCCCCCOc2ccc(C(=N)N)cc2)cc1. The number of oxime groups is 2. The highest BCUT2D eigenvalue weighted by atomic mass is 16.6. The number of nitrogens with one attached hydrogen (secondary N) is 7. The van der Waals surface area contributed by atoms with Crippen LogP contribution >= 0.6 is 0 Å². The summed E-state index contributed by atoms with van der Waals surface area (Å²) in [6.07, 6.45) is 2.90. The van der Waals surface area contributed by atoms with Gasteiger partial charge in [0.1, 0.15) is 89.5 Å². The van der Waals surface area contributed by atoms with E-state index < -0.39 is 0 Å². The van der Waals surface area contributed by atoms with Crippen LogP contribution in [0.5, 0.6) is 11.5 Å². The smallest absolute Gasteiger partial charge is 0.174 e. The van der Waals surface area contributed by atoms with Crippen molar-refractivity contribution in [2.24, 2.45) is 56.2 Å². The Balaban J connectivity index is 0.000000157. The molecule has 0 atom stereocenters. The molecular formula is C76H76N18O7. The average Bonchev–Trinajstić information content (AvgIpc) is 1.66. The molecule has 4 aromatic heterocycles. The fourth-order valence-electron chi connectivity index (χ4n) is 9.79. The molecule has 0 fully saturated rings. The summed E-state index contributed by atoms with van der Waals surface area (Å²) in [5.41, 5.74) is 56.1. The largest absolute Gasteiger partial charge is 0.494 e. The maximum Gasteiger partial charge on any atom is 0.174 e. The van der Waals surface area contributed by atoms with E-state index in [-0.39, 0.29) is 35.0 Å². The molecule has 512 valence electrons. The van der Waals surface area contributed by atoms with Crippen LogP contribution in [0.25, 0.3) is 79.2 Å². The first-order valence-electron chi connectivity index (χ1n) is 31.3. The molecule has 0 saturated carbocycles. The Morgan fingerprint density at radius 3 is 0.901 bits per heavy atom. The number of H-pyrrole nitrogens is 1. The number of hydrogen-bond donors (Lipinski definition) is 15. The molecule has 0 aliphatic heterocycles. The summed E-state index contributed by atoms with van der Waals surface area (Å²) in [6, 6.07) is 68.2. The van der Waals surface area contributed by atoms with Gasteiger partial charge in [-0.05, 0) is 122 Å². The van der Waals surface area contributed by atoms with Crippen LogP contribution in [-0.2, 0) is 9.68 Å². The number of furan rings is 3. The minimum atomic E-state index is 0.0114. The standard InChI is InChI=1S/C20H20N4O3.C19H16N6O.C19H24N4O2.C18H16N4O/c1-25-23-19(21)15-7-3-13(4-8-15)17-11-12-18(27-17)14-5-9-16(10-6-14)20(22)24-26-2;20-17(21)11-3-1-10(2-4-11)15-7-8-16(26-15)19-24-13-6-5-12(18(22)23)9-14(13)25-19;20-18(21)14-4-8-16(9-5-14)24-12-2-1-3-13-25-17-10-6-15(7-11-17)19(22)23;19-17(20)13-5-1-11(2-6-13)15-9-10-16(23-15)12-3-7-14(8-4-12)18(21)22/h3-12H,1-2H3,(H2,21,23)(H2,22,24);1-9H,(H3,20,21)(H3,22,23)(H,24,25);4-11H,1-3,12-13H2,(H3,20,21)(H3,22,23);1-10H,(H3,19,20)(H3,21,22). The Morgan fingerprint density at radius 1 is 0.337 bits per heavy atom. The van der Waals surface area contributed by atoms with E-state index >= 15 is 0 Å². The maximum atomic E-state index is 7.53. The summed E-state index contributed by atoms with van der Waals surface area (Å²) in [5.74, 6) is 7.35. The van der Waals surface area contributed by atoms with Crippen LogP contribution in [0.2, 0.25) is 0 Å². The van der Waals surface area contributed by atoms with Gasteiger partial charge in [-0.25, -0.2) is 4.98 Å². The molecule has 23 N–H and O–H groups in total. The number of fused-ring (bicyclic) bond motifs is 1. The van der Waals surface area contributed by atoms with Crippen LogP contribution in [0.15, 0.2) is 248 Å². The van der Waals surface area contributed by atoms with E-state index in [1.807, 2.05) is 152 Å². The maximum absolute atomic E-state index is 7.53. The van der Waals surface area contributed by atoms with Crippen molar-refractivity contribution in [3.8, 4) is 79.7 Å². The third kappa shape index (κ3) is 19.6. The van der Waals surface area contributed by atoms with E-state index in [4.69, 9.17) is 101 Å². The molecule has 12 rings (SSSR count). The number of benzene rings is 8. The first kappa shape index (κ1) is 71.3. The molecule has 0 unspecified atom stereocenters. The normalized spacial score (nSPS) is 11.0. The second kappa shape index (κ2) is 34.1. The lowest BCUT2D eigenvalue weighted by Crippen LogP contribution is -2.13. The van der Waals surface area contributed by atoms with E-state index in [9.17, 15) is 0 Å². The minimum absolute atomic E-state index is 0.0114. The third-order valence-corrected chi connectivity index (χ3v) is 15.3. The molecule has 4 heterocycles. The van der Waals surface area contributed by atoms with Gasteiger partial charge in [0, 0.05) is 72.3 Å². The van der Waals surface area contributed by atoms with E-state index in [1.165, 1.54) is 14.2 Å². The summed E-state index contributed by atoms with van der Waals surface area (Å²) in [7, 11) is 2.91. The van der Waals surface area contributed by atoms with Gasteiger partial charge in [-0.1, -0.05) is 132 Å². The van der Waals surface area contributed by atoms with Crippen molar-refractivity contribution in [1.82, 2.24) is 9.97 Å². The minimum Gasteiger partial charge on any atom is -0.494 e. The number of imidazole rings is 1. The number of nitrogens with two attached hydrogens (primary N) is 8. The van der Waals surface area contributed by atoms with Crippen molar-refractivity contribution in [1.29, 1.82) is 32.5 Å². The fraction of sp³-hybridized carbons (Fsp3) is 0.0921. The van der Waals surface area contributed by atoms with Crippen molar-refractivity contribution < 1.29 is 32.4 Å². The van der Waals surface area contributed by atoms with E-state index in [2.05, 4.69) is 30.0 Å². The quantitative estimate of drug-likeness (QED) is 0.0116. The van der Waals surface area contributed by atoms with Crippen molar-refractivity contribution in [2.75, 3.05) is 27.4 Å². The Hall–Kier alpha value is -14.0. The lowest BCUT2D eigenvalue weighted by Gasteiger charge is -2.08. The van der Waals surface area contributed by atoms with Gasteiger partial charge in [0.25, 0.3) is 0 Å². The zero-order chi connectivity index (χ0) is 72.0. The molecule has 0 radical (unpaired) electrons. The zero-order valence-corrected chi connectivity index (χ0v) is 55.2. The topological polar surface area (TPSA) is 481 Å². The highest BCUT2D eigenvalue weighted by molar-refractivity contribution is 6.00. The number of hydrogen-bond acceptors (Lipinski definition) is 16. The Bertz CT molecular complexity index is 4670. The summed E-state index contributed by atoms with van der Waals surface area (Å²) in [6.45, 7) is 1.29. The second-order valence-electron chi connectivity index (χ2n) is 22.3. The lowest BCUT2D eigenvalue weighted by atomic mass is 10.1. The van der Waals surface area contributed by atoms with Crippen LogP contribution in [0, 0.1) is 32.5 Å². The predicted octanol–water partition coefficient (Wildman–Crippen LogP) is 12.3. The van der Waals surface area contributed by atoms with Crippen molar-refractivity contribution >= 4 is 57.7 Å². The number of rotatable bonds is 24. The van der Waals surface area contributed by atoms with E-state index in [0.717, 1.165) is 104 Å². The number of aromatic nitrogens is 2. The van der Waals surface area contributed by atoms with Crippen LogP contribution in [0.3, 0.4) is 0 Å². The van der Waals surface area contributed by atoms with Crippen LogP contribution in [-0.4, -0.2) is 84.1 Å². The second-order valence-corrected chi connectivity index (χ2v) is 22.3. The molecule has 0 aliphatic rings. The van der Waals surface area contributed by atoms with Crippen molar-refractivity contribution in [3.05, 3.63) is 269 Å². The van der Waals surface area contributed by atoms with Crippen LogP contribution < -0.4 is 55.3 Å². The highest BCUT2D eigenvalue weighted by Crippen LogP contribution is 2.32. The summed E-state index contributed by atoms with van der Waals surface area (Å²) >= 11 is 0. The summed E-state index contributed by atoms with van der Waals surface area (Å²) in [4.78, 5) is 17.1. The molecule has 12 aromatic rings. The van der Waals surface area contributed by atoms with E-state index in [1.54, 1.807) is 72.8 Å². The first-order valence-corrected chi connectivity index (χ1v) is 31.3. The first-order chi connectivity index (χ1) is 48.7. The van der Waals surface area contributed by atoms with E-state index in [0.29, 0.717) is 75.6 Å². The van der Waals surface area contributed by atoms with Gasteiger partial charge >= 0.3 is 0 Å². The fourth-order valence-corrected chi connectivity index (χ4v) is 9.79. The van der Waals surface area contributed by atoms with Gasteiger partial charge < -0.3 is 83.3 Å². The Labute approximate surface area is 581 Å². The van der Waals surface area contributed by atoms with Gasteiger partial charge in [-0.3, -0.25) is 32.5 Å². The Morgan fingerprint density at radius 2 is 0.604 bits per heavy atom. The highest BCUT2D eigenvalue weighted by Gasteiger charge is 2.15. The molecule has 0 spiro atoms. The molecular weight excluding hydrogens is 1280 g/mol. The molecule has 101 heavy (non-hydrogen) atoms. The zero-order valence-electron chi connectivity index (χ0n) is 55.2. The van der Waals surface area contributed by atoms with Crippen LogP contribution in [0.1, 0.15) is 63.8 Å². The third-order valence-electron chi connectivity index (χ3n) is 15.3. The molecule has 0 amide bonds. The van der Waals surface area contributed by atoms with Gasteiger partial charge in [0.15, 0.2) is 23.3 Å². The molecule has 0 aliphatic carbocycles. The molecule has 0 bridgehead atoms. The Kier molecular flexibility index (Phi) is 24.1. The average molecular weight is 1350 g/mol. The monoisotopic (exact) mass is 1350 g/mol. The lowest BCUT2D eigenvalue weighted by molar-refractivity contribution is 0.213. The number of ether oxygens (including phenoxy) is 2. The summed E-state index contributed by atoms with van der Waals surface area (Å²) in [5, 5.41) is 51.9.